The fraction of sp³-hybridized carbons (Fsp3) is 0.467. The second-order valence-electron chi connectivity index (χ2n) is 5.53. The average molecular weight is 352 g/mol. The number of thiazole rings is 1. The molecule has 6 nitrogen and oxygen atoms in total. The van der Waals surface area contributed by atoms with Gasteiger partial charge in [-0.05, 0) is 31.9 Å². The van der Waals surface area contributed by atoms with Gasteiger partial charge < -0.3 is 5.32 Å². The summed E-state index contributed by atoms with van der Waals surface area (Å²) < 4.78 is 26.3. The molecule has 1 aliphatic heterocycles. The van der Waals surface area contributed by atoms with Crippen molar-refractivity contribution in [2.24, 2.45) is 0 Å². The van der Waals surface area contributed by atoms with Gasteiger partial charge >= 0.3 is 0 Å². The van der Waals surface area contributed by atoms with Crippen LogP contribution in [-0.4, -0.2) is 42.3 Å². The molecule has 124 valence electrons. The molecule has 23 heavy (non-hydrogen) atoms. The first-order chi connectivity index (χ1) is 11.1. The topological polar surface area (TPSA) is 75.2 Å². The highest BCUT2D eigenvalue weighted by Gasteiger charge is 2.27. The number of hydrogen-bond donors (Lipinski definition) is 1. The van der Waals surface area contributed by atoms with E-state index in [9.17, 15) is 8.42 Å². The predicted molar refractivity (Wildman–Crippen MR) is 91.3 cm³/mol. The first-order valence-electron chi connectivity index (χ1n) is 7.67. The molecular formula is C15H20N4O2S2. The van der Waals surface area contributed by atoms with Gasteiger partial charge in [-0.25, -0.2) is 18.4 Å². The molecule has 3 heterocycles. The van der Waals surface area contributed by atoms with Gasteiger partial charge in [-0.3, -0.25) is 0 Å². The number of pyridine rings is 1. The number of rotatable bonds is 6. The summed E-state index contributed by atoms with van der Waals surface area (Å²) in [5.41, 5.74) is 0. The van der Waals surface area contributed by atoms with Crippen molar-refractivity contribution in [2.45, 2.75) is 31.1 Å². The highest BCUT2D eigenvalue weighted by atomic mass is 32.2. The van der Waals surface area contributed by atoms with Crippen LogP contribution in [0.5, 0.6) is 0 Å². The van der Waals surface area contributed by atoms with Crippen LogP contribution in [0.3, 0.4) is 0 Å². The van der Waals surface area contributed by atoms with Crippen molar-refractivity contribution in [2.75, 3.05) is 25.0 Å². The lowest BCUT2D eigenvalue weighted by Gasteiger charge is -2.15. The molecule has 8 heteroatoms. The van der Waals surface area contributed by atoms with Crippen LogP contribution in [0.1, 0.15) is 22.7 Å². The predicted octanol–water partition coefficient (Wildman–Crippen LogP) is 2.29. The van der Waals surface area contributed by atoms with E-state index in [1.807, 2.05) is 13.1 Å². The molecule has 3 rings (SSSR count). The Morgan fingerprint density at radius 2 is 2.00 bits per heavy atom. The van der Waals surface area contributed by atoms with Gasteiger partial charge in [0.1, 0.15) is 10.7 Å². The molecule has 0 atom stereocenters. The van der Waals surface area contributed by atoms with E-state index in [2.05, 4.69) is 15.3 Å². The van der Waals surface area contributed by atoms with Crippen LogP contribution >= 0.6 is 11.3 Å². The molecule has 1 fully saturated rings. The quantitative estimate of drug-likeness (QED) is 0.863. The molecule has 0 aliphatic carbocycles. The Balaban J connectivity index is 1.58. The number of anilines is 1. The van der Waals surface area contributed by atoms with Crippen LogP contribution in [0.2, 0.25) is 0 Å². The lowest BCUT2D eigenvalue weighted by Crippen LogP contribution is -2.27. The van der Waals surface area contributed by atoms with Crippen molar-refractivity contribution in [1.82, 2.24) is 14.3 Å². The summed E-state index contributed by atoms with van der Waals surface area (Å²) in [6.07, 6.45) is 6.00. The van der Waals surface area contributed by atoms with Crippen molar-refractivity contribution >= 4 is 27.2 Å². The van der Waals surface area contributed by atoms with Gasteiger partial charge in [-0.1, -0.05) is 0 Å². The Morgan fingerprint density at radius 3 is 2.61 bits per heavy atom. The zero-order valence-corrected chi connectivity index (χ0v) is 14.7. The molecule has 1 N–H and O–H groups in total. The van der Waals surface area contributed by atoms with Crippen molar-refractivity contribution in [3.63, 3.8) is 0 Å². The zero-order chi connectivity index (χ0) is 16.3. The maximum atomic E-state index is 12.4. The van der Waals surface area contributed by atoms with E-state index in [1.165, 1.54) is 15.4 Å². The minimum atomic E-state index is -3.38. The Morgan fingerprint density at radius 1 is 1.22 bits per heavy atom. The van der Waals surface area contributed by atoms with Crippen LogP contribution in [0.25, 0.3) is 0 Å². The fourth-order valence-electron chi connectivity index (χ4n) is 2.53. The third-order valence-corrected chi connectivity index (χ3v) is 6.61. The number of nitrogens with zero attached hydrogens (tertiary/aromatic N) is 3. The summed E-state index contributed by atoms with van der Waals surface area (Å²) in [6.45, 7) is 3.97. The molecule has 2 aromatic rings. The van der Waals surface area contributed by atoms with Gasteiger partial charge in [0.15, 0.2) is 0 Å². The zero-order valence-electron chi connectivity index (χ0n) is 13.0. The highest BCUT2D eigenvalue weighted by Crippen LogP contribution is 2.21. The van der Waals surface area contributed by atoms with Crippen molar-refractivity contribution in [1.29, 1.82) is 0 Å². The fourth-order valence-corrected chi connectivity index (χ4v) is 4.78. The van der Waals surface area contributed by atoms with Crippen LogP contribution in [0.4, 0.5) is 5.82 Å². The summed E-state index contributed by atoms with van der Waals surface area (Å²) in [4.78, 5) is 10.00. The third-order valence-electron chi connectivity index (χ3n) is 3.75. The van der Waals surface area contributed by atoms with Crippen LogP contribution in [-0.2, 0) is 16.4 Å². The molecule has 0 saturated carbocycles. The molecule has 0 spiro atoms. The highest BCUT2D eigenvalue weighted by molar-refractivity contribution is 7.89. The molecule has 0 unspecified atom stereocenters. The number of hydrogen-bond acceptors (Lipinski definition) is 6. The maximum absolute atomic E-state index is 12.4. The number of sulfonamides is 1. The van der Waals surface area contributed by atoms with Gasteiger partial charge in [0.05, 0.1) is 5.01 Å². The molecule has 0 radical (unpaired) electrons. The van der Waals surface area contributed by atoms with Crippen molar-refractivity contribution in [3.05, 3.63) is 34.4 Å². The van der Waals surface area contributed by atoms with E-state index in [4.69, 9.17) is 0 Å². The Hall–Kier alpha value is -1.51. The molecular weight excluding hydrogens is 332 g/mol. The number of aryl methyl sites for hydroxylation is 1. The summed E-state index contributed by atoms with van der Waals surface area (Å²) in [7, 11) is -3.38. The van der Waals surface area contributed by atoms with E-state index in [-0.39, 0.29) is 4.90 Å². The van der Waals surface area contributed by atoms with Gasteiger partial charge in [0, 0.05) is 43.3 Å². The lowest BCUT2D eigenvalue weighted by molar-refractivity contribution is 0.477. The summed E-state index contributed by atoms with van der Waals surface area (Å²) in [5.74, 6) is 0.679. The molecule has 0 aromatic carbocycles. The largest absolute Gasteiger partial charge is 0.370 e. The van der Waals surface area contributed by atoms with Gasteiger partial charge in [0.25, 0.3) is 0 Å². The smallest absolute Gasteiger partial charge is 0.244 e. The van der Waals surface area contributed by atoms with E-state index in [0.717, 1.165) is 30.8 Å². The Labute approximate surface area is 140 Å². The normalized spacial score (nSPS) is 15.9. The van der Waals surface area contributed by atoms with E-state index in [0.29, 0.717) is 18.9 Å². The van der Waals surface area contributed by atoms with Crippen LogP contribution < -0.4 is 5.32 Å². The second kappa shape index (κ2) is 6.94. The SMILES string of the molecule is Cc1cnc(CCNc2ccc(S(=O)(=O)N3CCCC3)cn2)s1. The van der Waals surface area contributed by atoms with Crippen molar-refractivity contribution < 1.29 is 8.42 Å². The minimum absolute atomic E-state index is 0.264. The Bertz CT molecular complexity index is 750. The van der Waals surface area contributed by atoms with Crippen LogP contribution in [0, 0.1) is 6.92 Å². The first-order valence-corrected chi connectivity index (χ1v) is 9.93. The van der Waals surface area contributed by atoms with Crippen LogP contribution in [0.15, 0.2) is 29.4 Å². The van der Waals surface area contributed by atoms with E-state index >= 15 is 0 Å². The number of aromatic nitrogens is 2. The minimum Gasteiger partial charge on any atom is -0.370 e. The van der Waals surface area contributed by atoms with E-state index < -0.39 is 10.0 Å². The average Bonchev–Trinajstić information content (AvgIpc) is 3.20. The molecule has 2 aromatic heterocycles. The van der Waals surface area contributed by atoms with Gasteiger partial charge in [-0.2, -0.15) is 4.31 Å². The lowest BCUT2D eigenvalue weighted by atomic mass is 10.4. The third kappa shape index (κ3) is 3.88. The molecule has 0 amide bonds. The van der Waals surface area contributed by atoms with Gasteiger partial charge in [-0.15, -0.1) is 11.3 Å². The molecule has 1 aliphatic rings. The molecule has 1 saturated heterocycles. The summed E-state index contributed by atoms with van der Waals surface area (Å²) >= 11 is 1.69. The summed E-state index contributed by atoms with van der Waals surface area (Å²) in [5, 5.41) is 4.28. The second-order valence-corrected chi connectivity index (χ2v) is 8.79. The summed E-state index contributed by atoms with van der Waals surface area (Å²) in [6, 6.07) is 3.34. The van der Waals surface area contributed by atoms with Crippen molar-refractivity contribution in [3.8, 4) is 0 Å². The molecule has 0 bridgehead atoms. The van der Waals surface area contributed by atoms with E-state index in [1.54, 1.807) is 23.5 Å². The monoisotopic (exact) mass is 352 g/mol. The maximum Gasteiger partial charge on any atom is 0.244 e. The van der Waals surface area contributed by atoms with Gasteiger partial charge in [0.2, 0.25) is 10.0 Å². The standard InChI is InChI=1S/C15H20N4O2S2/c1-12-10-18-15(22-12)6-7-16-14-5-4-13(11-17-14)23(20,21)19-8-2-3-9-19/h4-5,10-11H,2-3,6-9H2,1H3,(H,16,17). The number of nitrogens with one attached hydrogen (secondary N) is 1. The Kier molecular flexibility index (Phi) is 4.93. The first kappa shape index (κ1) is 16.4.